The second-order valence-corrected chi connectivity index (χ2v) is 4.35. The molecule has 1 aromatic rings. The first-order chi connectivity index (χ1) is 8.20. The molecule has 1 unspecified atom stereocenters. The summed E-state index contributed by atoms with van der Waals surface area (Å²) in [5.74, 6) is 0.182. The quantitative estimate of drug-likeness (QED) is 0.649. The van der Waals surface area contributed by atoms with Gasteiger partial charge < -0.3 is 5.32 Å². The first-order valence-electron chi connectivity index (χ1n) is 5.31. The van der Waals surface area contributed by atoms with Crippen LogP contribution in [0.1, 0.15) is 18.4 Å². The number of rotatable bonds is 3. The third-order valence-corrected chi connectivity index (χ3v) is 3.19. The number of aromatic nitrogens is 1. The molecule has 5 nitrogen and oxygen atoms in total. The lowest BCUT2D eigenvalue weighted by Crippen LogP contribution is -2.47. The van der Waals surface area contributed by atoms with Gasteiger partial charge in [0.05, 0.1) is 0 Å². The maximum atomic E-state index is 11.6. The molecule has 0 bridgehead atoms. The molecule has 90 valence electrons. The summed E-state index contributed by atoms with van der Waals surface area (Å²) in [4.78, 5) is 26.8. The van der Waals surface area contributed by atoms with Crippen LogP contribution in [0.2, 0.25) is 0 Å². The third-order valence-electron chi connectivity index (χ3n) is 2.59. The largest absolute Gasteiger partial charge is 0.358 e. The maximum absolute atomic E-state index is 11.6. The second kappa shape index (κ2) is 5.27. The van der Waals surface area contributed by atoms with Gasteiger partial charge in [0, 0.05) is 23.5 Å². The summed E-state index contributed by atoms with van der Waals surface area (Å²) in [5.41, 5.74) is 0.984. The molecular formula is C11H12BrN3O2. The Kier molecular flexibility index (Phi) is 3.73. The van der Waals surface area contributed by atoms with Crippen LogP contribution in [-0.2, 0) is 14.9 Å². The molecule has 2 amide bonds. The molecule has 17 heavy (non-hydrogen) atoms. The average Bonchev–Trinajstić information content (AvgIpc) is 2.33. The van der Waals surface area contributed by atoms with Crippen molar-refractivity contribution in [1.29, 1.82) is 0 Å². The van der Waals surface area contributed by atoms with Gasteiger partial charge in [-0.2, -0.15) is 0 Å². The summed E-state index contributed by atoms with van der Waals surface area (Å²) < 4.78 is 0. The molecule has 1 fully saturated rings. The van der Waals surface area contributed by atoms with Crippen LogP contribution in [0.25, 0.3) is 0 Å². The lowest BCUT2D eigenvalue weighted by molar-refractivity contribution is -0.133. The number of nitrogens with zero attached hydrogens (tertiary/aromatic N) is 1. The van der Waals surface area contributed by atoms with Gasteiger partial charge in [-0.1, -0.05) is 22.0 Å². The van der Waals surface area contributed by atoms with E-state index in [9.17, 15) is 9.59 Å². The number of anilines is 1. The van der Waals surface area contributed by atoms with Gasteiger partial charge in [0.15, 0.2) is 0 Å². The topological polar surface area (TPSA) is 71.1 Å². The Morgan fingerprint density at radius 2 is 2.35 bits per heavy atom. The number of carbonyl (C=O) groups excluding carboxylic acids is 2. The first-order valence-corrected chi connectivity index (χ1v) is 6.43. The Hall–Kier alpha value is -1.43. The van der Waals surface area contributed by atoms with Crippen molar-refractivity contribution in [3.8, 4) is 0 Å². The zero-order chi connectivity index (χ0) is 12.3. The van der Waals surface area contributed by atoms with Gasteiger partial charge in [0.1, 0.15) is 11.9 Å². The van der Waals surface area contributed by atoms with Crippen LogP contribution in [0, 0.1) is 0 Å². The van der Waals surface area contributed by atoms with E-state index in [0.29, 0.717) is 24.0 Å². The molecular weight excluding hydrogens is 286 g/mol. The van der Waals surface area contributed by atoms with Crippen molar-refractivity contribution >= 4 is 33.6 Å². The normalized spacial score (nSPS) is 19.9. The van der Waals surface area contributed by atoms with E-state index in [1.807, 2.05) is 12.1 Å². The lowest BCUT2D eigenvalue weighted by Gasteiger charge is -2.23. The van der Waals surface area contributed by atoms with Crippen LogP contribution in [-0.4, -0.2) is 22.8 Å². The zero-order valence-electron chi connectivity index (χ0n) is 9.07. The number of carbonyl (C=O) groups is 2. The van der Waals surface area contributed by atoms with Crippen LogP contribution < -0.4 is 10.6 Å². The number of piperidine rings is 1. The van der Waals surface area contributed by atoms with Crippen LogP contribution in [0.3, 0.4) is 0 Å². The highest BCUT2D eigenvalue weighted by Crippen LogP contribution is 2.18. The summed E-state index contributed by atoms with van der Waals surface area (Å²) in [6.07, 6.45) is 2.53. The van der Waals surface area contributed by atoms with Crippen molar-refractivity contribution in [1.82, 2.24) is 10.3 Å². The number of hydrogen-bond donors (Lipinski definition) is 2. The standard InChI is InChI=1S/C11H12BrN3O2/c12-6-7-2-1-5-13-10(7)14-8-3-4-9(16)15-11(8)17/h1-2,5,8H,3-4,6H2,(H,13,14)(H,15,16,17). The number of alkyl halides is 1. The molecule has 1 saturated heterocycles. The van der Waals surface area contributed by atoms with E-state index in [4.69, 9.17) is 0 Å². The van der Waals surface area contributed by atoms with Gasteiger partial charge in [-0.15, -0.1) is 0 Å². The van der Waals surface area contributed by atoms with Gasteiger partial charge in [0.2, 0.25) is 11.8 Å². The Labute approximate surface area is 107 Å². The minimum Gasteiger partial charge on any atom is -0.358 e. The van der Waals surface area contributed by atoms with Gasteiger partial charge in [0.25, 0.3) is 0 Å². The number of nitrogens with one attached hydrogen (secondary N) is 2. The number of halogens is 1. The SMILES string of the molecule is O=C1CCC(Nc2ncccc2CBr)C(=O)N1. The Balaban J connectivity index is 2.10. The summed E-state index contributed by atoms with van der Waals surface area (Å²) in [7, 11) is 0. The van der Waals surface area contributed by atoms with Gasteiger partial charge >= 0.3 is 0 Å². The van der Waals surface area contributed by atoms with Crippen molar-refractivity contribution in [2.75, 3.05) is 5.32 Å². The first kappa shape index (κ1) is 12.0. The van der Waals surface area contributed by atoms with E-state index in [1.54, 1.807) is 6.20 Å². The fourth-order valence-corrected chi connectivity index (χ4v) is 2.13. The van der Waals surface area contributed by atoms with Crippen LogP contribution in [0.5, 0.6) is 0 Å². The predicted molar refractivity (Wildman–Crippen MR) is 66.7 cm³/mol. The highest BCUT2D eigenvalue weighted by Gasteiger charge is 2.26. The second-order valence-electron chi connectivity index (χ2n) is 3.79. The van der Waals surface area contributed by atoms with E-state index >= 15 is 0 Å². The Morgan fingerprint density at radius 3 is 3.06 bits per heavy atom. The molecule has 2 heterocycles. The van der Waals surface area contributed by atoms with Crippen LogP contribution in [0.4, 0.5) is 5.82 Å². The molecule has 1 aliphatic rings. The molecule has 2 N–H and O–H groups in total. The molecule has 0 radical (unpaired) electrons. The summed E-state index contributed by atoms with van der Waals surface area (Å²) >= 11 is 3.36. The average molecular weight is 298 g/mol. The molecule has 1 aromatic heterocycles. The van der Waals surface area contributed by atoms with Crippen molar-refractivity contribution in [3.63, 3.8) is 0 Å². The molecule has 1 aliphatic heterocycles. The van der Waals surface area contributed by atoms with E-state index in [-0.39, 0.29) is 17.9 Å². The lowest BCUT2D eigenvalue weighted by atomic mass is 10.1. The third kappa shape index (κ3) is 2.82. The fourth-order valence-electron chi connectivity index (χ4n) is 1.67. The minimum absolute atomic E-state index is 0.213. The van der Waals surface area contributed by atoms with E-state index in [2.05, 4.69) is 31.5 Å². The Bertz CT molecular complexity index is 450. The maximum Gasteiger partial charge on any atom is 0.249 e. The monoisotopic (exact) mass is 297 g/mol. The molecule has 0 aliphatic carbocycles. The summed E-state index contributed by atoms with van der Waals surface area (Å²) in [5, 5.41) is 6.04. The summed E-state index contributed by atoms with van der Waals surface area (Å²) in [6, 6.07) is 3.38. The molecule has 0 saturated carbocycles. The smallest absolute Gasteiger partial charge is 0.249 e. The number of imide groups is 1. The number of hydrogen-bond acceptors (Lipinski definition) is 4. The predicted octanol–water partition coefficient (Wildman–Crippen LogP) is 1.19. The van der Waals surface area contributed by atoms with Crippen molar-refractivity contribution < 1.29 is 9.59 Å². The van der Waals surface area contributed by atoms with Crippen LogP contribution in [0.15, 0.2) is 18.3 Å². The van der Waals surface area contributed by atoms with Crippen molar-refractivity contribution in [2.24, 2.45) is 0 Å². The molecule has 6 heteroatoms. The van der Waals surface area contributed by atoms with Gasteiger partial charge in [-0.25, -0.2) is 4.98 Å². The van der Waals surface area contributed by atoms with Crippen molar-refractivity contribution in [2.45, 2.75) is 24.2 Å². The molecule has 2 rings (SSSR count). The van der Waals surface area contributed by atoms with Crippen molar-refractivity contribution in [3.05, 3.63) is 23.9 Å². The molecule has 1 atom stereocenters. The van der Waals surface area contributed by atoms with E-state index < -0.39 is 0 Å². The number of amides is 2. The zero-order valence-corrected chi connectivity index (χ0v) is 10.7. The Morgan fingerprint density at radius 1 is 1.53 bits per heavy atom. The number of pyridine rings is 1. The highest BCUT2D eigenvalue weighted by atomic mass is 79.9. The van der Waals surface area contributed by atoms with E-state index in [0.717, 1.165) is 5.56 Å². The van der Waals surface area contributed by atoms with Crippen LogP contribution >= 0.6 is 15.9 Å². The molecule has 0 spiro atoms. The highest BCUT2D eigenvalue weighted by molar-refractivity contribution is 9.08. The van der Waals surface area contributed by atoms with Gasteiger partial charge in [-0.3, -0.25) is 14.9 Å². The summed E-state index contributed by atoms with van der Waals surface area (Å²) in [6.45, 7) is 0. The minimum atomic E-state index is -0.389. The molecule has 0 aromatic carbocycles. The fraction of sp³-hybridized carbons (Fsp3) is 0.364. The van der Waals surface area contributed by atoms with E-state index in [1.165, 1.54) is 0 Å². The van der Waals surface area contributed by atoms with Gasteiger partial charge in [-0.05, 0) is 12.5 Å².